The average molecular weight is 301 g/mol. The third-order valence-electron chi connectivity index (χ3n) is 2.42. The fourth-order valence-corrected chi connectivity index (χ4v) is 2.23. The molecule has 20 heavy (non-hydrogen) atoms. The predicted molar refractivity (Wildman–Crippen MR) is 73.2 cm³/mol. The number of ether oxygens (including phenoxy) is 1. The highest BCUT2D eigenvalue weighted by Crippen LogP contribution is 2.18. The number of rotatable bonds is 8. The van der Waals surface area contributed by atoms with Gasteiger partial charge in [0.05, 0.1) is 12.4 Å². The molecular weight excluding hydrogens is 285 g/mol. The molecule has 1 aromatic carbocycles. The van der Waals surface area contributed by atoms with E-state index in [-0.39, 0.29) is 37.2 Å². The van der Waals surface area contributed by atoms with Gasteiger partial charge in [0.2, 0.25) is 5.91 Å². The summed E-state index contributed by atoms with van der Waals surface area (Å²) in [7, 11) is 1.48. The van der Waals surface area contributed by atoms with Crippen molar-refractivity contribution in [3.8, 4) is 0 Å². The minimum absolute atomic E-state index is 0.0998. The van der Waals surface area contributed by atoms with Gasteiger partial charge in [-0.15, -0.1) is 11.8 Å². The van der Waals surface area contributed by atoms with Crippen LogP contribution in [0.4, 0.5) is 4.39 Å². The summed E-state index contributed by atoms with van der Waals surface area (Å²) < 4.78 is 17.6. The molecule has 0 saturated carbocycles. The first-order chi connectivity index (χ1) is 9.52. The van der Waals surface area contributed by atoms with Gasteiger partial charge in [0, 0.05) is 18.6 Å². The molecule has 110 valence electrons. The number of benzene rings is 1. The van der Waals surface area contributed by atoms with Gasteiger partial charge in [-0.2, -0.15) is 0 Å². The molecule has 0 aliphatic rings. The molecule has 1 rings (SSSR count). The Balaban J connectivity index is 2.51. The van der Waals surface area contributed by atoms with Crippen LogP contribution in [-0.2, 0) is 14.3 Å². The minimum atomic E-state index is -1.07. The van der Waals surface area contributed by atoms with E-state index in [4.69, 9.17) is 9.84 Å². The number of carbonyl (C=O) groups excluding carboxylic acids is 1. The van der Waals surface area contributed by atoms with E-state index >= 15 is 0 Å². The van der Waals surface area contributed by atoms with Crippen molar-refractivity contribution in [2.75, 3.05) is 32.6 Å². The fourth-order valence-electron chi connectivity index (χ4n) is 1.42. The first kappa shape index (κ1) is 16.5. The average Bonchev–Trinajstić information content (AvgIpc) is 2.42. The highest BCUT2D eigenvalue weighted by atomic mass is 32.2. The van der Waals surface area contributed by atoms with Crippen molar-refractivity contribution >= 4 is 23.6 Å². The van der Waals surface area contributed by atoms with Gasteiger partial charge in [-0.3, -0.25) is 9.59 Å². The van der Waals surface area contributed by atoms with Gasteiger partial charge in [-0.25, -0.2) is 4.39 Å². The van der Waals surface area contributed by atoms with Crippen molar-refractivity contribution in [1.82, 2.24) is 4.90 Å². The molecule has 0 unspecified atom stereocenters. The standard InChI is InChI=1S/C13H16FNO4S/c1-19-7-6-15(8-13(17)18)12(16)9-20-11-4-2-10(14)3-5-11/h2-5H,6-9H2,1H3,(H,17,18). The molecule has 1 N–H and O–H groups in total. The fraction of sp³-hybridized carbons (Fsp3) is 0.385. The third kappa shape index (κ3) is 6.03. The van der Waals surface area contributed by atoms with Crippen LogP contribution < -0.4 is 0 Å². The largest absolute Gasteiger partial charge is 0.480 e. The summed E-state index contributed by atoms with van der Waals surface area (Å²) in [6.45, 7) is 0.151. The van der Waals surface area contributed by atoms with Crippen molar-refractivity contribution in [3.63, 3.8) is 0 Å². The highest BCUT2D eigenvalue weighted by Gasteiger charge is 2.16. The van der Waals surface area contributed by atoms with E-state index in [2.05, 4.69) is 0 Å². The van der Waals surface area contributed by atoms with Crippen LogP contribution in [0.1, 0.15) is 0 Å². The van der Waals surface area contributed by atoms with Gasteiger partial charge in [0.15, 0.2) is 0 Å². The number of methoxy groups -OCH3 is 1. The first-order valence-corrected chi connectivity index (χ1v) is 6.88. The van der Waals surface area contributed by atoms with E-state index in [0.29, 0.717) is 0 Å². The second-order valence-corrected chi connectivity index (χ2v) is 4.99. The molecular formula is C13H16FNO4S. The van der Waals surface area contributed by atoms with Crippen molar-refractivity contribution < 1.29 is 23.8 Å². The maximum atomic E-state index is 12.7. The van der Waals surface area contributed by atoms with E-state index < -0.39 is 5.97 Å². The summed E-state index contributed by atoms with van der Waals surface area (Å²) >= 11 is 1.23. The van der Waals surface area contributed by atoms with Crippen LogP contribution >= 0.6 is 11.8 Å². The topological polar surface area (TPSA) is 66.8 Å². The number of carbonyl (C=O) groups is 2. The molecule has 1 aromatic rings. The number of thioether (sulfide) groups is 1. The lowest BCUT2D eigenvalue weighted by atomic mass is 10.4. The minimum Gasteiger partial charge on any atom is -0.480 e. The zero-order valence-corrected chi connectivity index (χ0v) is 11.9. The molecule has 0 aliphatic carbocycles. The Morgan fingerprint density at radius 2 is 2.00 bits per heavy atom. The van der Waals surface area contributed by atoms with Gasteiger partial charge in [-0.1, -0.05) is 0 Å². The van der Waals surface area contributed by atoms with E-state index in [0.717, 1.165) is 4.90 Å². The number of carboxylic acids is 1. The monoisotopic (exact) mass is 301 g/mol. The van der Waals surface area contributed by atoms with Crippen LogP contribution in [0.15, 0.2) is 29.2 Å². The molecule has 0 heterocycles. The van der Waals surface area contributed by atoms with Gasteiger partial charge >= 0.3 is 5.97 Å². The number of aliphatic carboxylic acids is 1. The Kier molecular flexibility index (Phi) is 7.03. The van der Waals surface area contributed by atoms with Crippen molar-refractivity contribution in [2.45, 2.75) is 4.90 Å². The molecule has 0 aliphatic heterocycles. The van der Waals surface area contributed by atoms with E-state index in [1.165, 1.54) is 35.9 Å². The summed E-state index contributed by atoms with van der Waals surface area (Å²) in [6, 6.07) is 5.77. The molecule has 0 aromatic heterocycles. The van der Waals surface area contributed by atoms with Gasteiger partial charge in [0.25, 0.3) is 0 Å². The van der Waals surface area contributed by atoms with Crippen molar-refractivity contribution in [3.05, 3.63) is 30.1 Å². The van der Waals surface area contributed by atoms with E-state index in [1.54, 1.807) is 12.1 Å². The van der Waals surface area contributed by atoms with Crippen molar-refractivity contribution in [2.24, 2.45) is 0 Å². The van der Waals surface area contributed by atoms with Crippen molar-refractivity contribution in [1.29, 1.82) is 0 Å². The lowest BCUT2D eigenvalue weighted by molar-refractivity contribution is -0.143. The lowest BCUT2D eigenvalue weighted by Gasteiger charge is -2.20. The molecule has 0 bridgehead atoms. The molecule has 0 spiro atoms. The maximum absolute atomic E-state index is 12.7. The van der Waals surface area contributed by atoms with Crippen LogP contribution in [0.5, 0.6) is 0 Å². The highest BCUT2D eigenvalue weighted by molar-refractivity contribution is 8.00. The number of hydrogen-bond donors (Lipinski definition) is 1. The molecule has 7 heteroatoms. The predicted octanol–water partition coefficient (Wildman–Crippen LogP) is 1.48. The summed E-state index contributed by atoms with van der Waals surface area (Å²) in [5, 5.41) is 8.76. The summed E-state index contributed by atoms with van der Waals surface area (Å²) in [4.78, 5) is 24.6. The summed E-state index contributed by atoms with van der Waals surface area (Å²) in [5.74, 6) is -1.60. The Labute approximate surface area is 120 Å². The van der Waals surface area contributed by atoms with E-state index in [9.17, 15) is 14.0 Å². The second-order valence-electron chi connectivity index (χ2n) is 3.94. The quantitative estimate of drug-likeness (QED) is 0.737. The molecule has 1 amide bonds. The van der Waals surface area contributed by atoms with Crippen LogP contribution in [-0.4, -0.2) is 54.4 Å². The van der Waals surface area contributed by atoms with Gasteiger partial charge in [0.1, 0.15) is 12.4 Å². The molecule has 0 radical (unpaired) electrons. The molecule has 0 saturated heterocycles. The molecule has 5 nitrogen and oxygen atoms in total. The van der Waals surface area contributed by atoms with Gasteiger partial charge in [-0.05, 0) is 24.3 Å². The Morgan fingerprint density at radius 3 is 2.55 bits per heavy atom. The summed E-state index contributed by atoms with van der Waals surface area (Å²) in [6.07, 6.45) is 0. The second kappa shape index (κ2) is 8.55. The third-order valence-corrected chi connectivity index (χ3v) is 3.42. The summed E-state index contributed by atoms with van der Waals surface area (Å²) in [5.41, 5.74) is 0. The first-order valence-electron chi connectivity index (χ1n) is 5.90. The smallest absolute Gasteiger partial charge is 0.323 e. The number of halogens is 1. The van der Waals surface area contributed by atoms with Crippen LogP contribution in [0, 0.1) is 5.82 Å². The molecule has 0 fully saturated rings. The number of amides is 1. The van der Waals surface area contributed by atoms with Crippen LogP contribution in [0.3, 0.4) is 0 Å². The SMILES string of the molecule is COCCN(CC(=O)O)C(=O)CSc1ccc(F)cc1. The van der Waals surface area contributed by atoms with Crippen LogP contribution in [0.25, 0.3) is 0 Å². The van der Waals surface area contributed by atoms with Crippen LogP contribution in [0.2, 0.25) is 0 Å². The number of hydrogen-bond acceptors (Lipinski definition) is 4. The van der Waals surface area contributed by atoms with Gasteiger partial charge < -0.3 is 14.7 Å². The molecule has 0 atom stereocenters. The Hall–Kier alpha value is -1.60. The zero-order valence-electron chi connectivity index (χ0n) is 11.0. The number of carboxylic acid groups (broad SMARTS) is 1. The normalized spacial score (nSPS) is 10.3. The Bertz CT molecular complexity index is 452. The maximum Gasteiger partial charge on any atom is 0.323 e. The lowest BCUT2D eigenvalue weighted by Crippen LogP contribution is -2.39. The van der Waals surface area contributed by atoms with E-state index in [1.807, 2.05) is 0 Å². The Morgan fingerprint density at radius 1 is 1.35 bits per heavy atom. The zero-order chi connectivity index (χ0) is 15.0. The number of nitrogens with zero attached hydrogens (tertiary/aromatic N) is 1.